The number of rotatable bonds is 5. The van der Waals surface area contributed by atoms with Gasteiger partial charge in [-0.05, 0) is 49.8 Å². The van der Waals surface area contributed by atoms with Crippen molar-refractivity contribution in [3.8, 4) is 11.4 Å². The molecule has 1 aliphatic heterocycles. The van der Waals surface area contributed by atoms with Gasteiger partial charge in [0.25, 0.3) is 5.91 Å². The fourth-order valence-electron chi connectivity index (χ4n) is 3.41. The van der Waals surface area contributed by atoms with Crippen LogP contribution in [0.25, 0.3) is 11.8 Å². The third-order valence-electron chi connectivity index (χ3n) is 4.78. The minimum atomic E-state index is -0.199. The number of morpholine rings is 1. The molecule has 0 N–H and O–H groups in total. The first kappa shape index (κ1) is 20.9. The van der Waals surface area contributed by atoms with E-state index in [4.69, 9.17) is 21.1 Å². The van der Waals surface area contributed by atoms with Gasteiger partial charge in [-0.2, -0.15) is 5.10 Å². The van der Waals surface area contributed by atoms with Crippen molar-refractivity contribution in [3.05, 3.63) is 70.7 Å². The molecule has 0 radical (unpaired) electrons. The molecular weight excluding hydrogens is 418 g/mol. The Hall–Kier alpha value is -3.39. The van der Waals surface area contributed by atoms with Gasteiger partial charge in [-0.25, -0.2) is 14.6 Å². The average Bonchev–Trinajstić information content (AvgIpc) is 3.17. The highest BCUT2D eigenvalue weighted by atomic mass is 35.5. The zero-order chi connectivity index (χ0) is 22.0. The zero-order valence-corrected chi connectivity index (χ0v) is 18.2. The molecular formula is C22H22ClN5O3. The minimum absolute atomic E-state index is 0.151. The number of carbonyl (C=O) groups is 1. The van der Waals surface area contributed by atoms with Crippen LogP contribution in [0.3, 0.4) is 0 Å². The summed E-state index contributed by atoms with van der Waals surface area (Å²) in [5.74, 6) is 1.34. The van der Waals surface area contributed by atoms with Crippen LogP contribution in [0.1, 0.15) is 24.0 Å². The molecule has 31 heavy (non-hydrogen) atoms. The predicted molar refractivity (Wildman–Crippen MR) is 116 cm³/mol. The van der Waals surface area contributed by atoms with E-state index < -0.39 is 0 Å². The van der Waals surface area contributed by atoms with E-state index in [0.717, 1.165) is 16.9 Å². The number of aryl methyl sites for hydroxylation is 1. The molecule has 2 aromatic heterocycles. The van der Waals surface area contributed by atoms with Gasteiger partial charge in [-0.15, -0.1) is 0 Å². The number of carbonyl (C=O) groups excluding carboxylic acids is 1. The topological polar surface area (TPSA) is 82.4 Å². The number of benzene rings is 1. The molecule has 4 rings (SSSR count). The Balaban J connectivity index is 1.60. The quantitative estimate of drug-likeness (QED) is 0.447. The molecule has 160 valence electrons. The highest BCUT2D eigenvalue weighted by Crippen LogP contribution is 2.27. The summed E-state index contributed by atoms with van der Waals surface area (Å²) in [5.41, 5.74) is 2.25. The van der Waals surface area contributed by atoms with Crippen molar-refractivity contribution in [2.75, 3.05) is 13.7 Å². The van der Waals surface area contributed by atoms with Gasteiger partial charge in [0.15, 0.2) is 5.76 Å². The second-order valence-electron chi connectivity index (χ2n) is 7.24. The molecule has 9 heteroatoms. The maximum absolute atomic E-state index is 13.0. The number of amides is 1. The molecule has 1 aliphatic rings. The molecule has 3 heterocycles. The standard InChI is InChI=1S/C22H22ClN5O3/c1-14-11-27(12-17-5-4-6-21(23)25-17)22(29)20(31-14)10-16-7-8-18(19(9-16)30-3)28-13-24-15(2)26-28/h4-10,13-14H,11-12H2,1-3H3/t14-/m0/s1. The first-order chi connectivity index (χ1) is 14.9. The van der Waals surface area contributed by atoms with Crippen molar-refractivity contribution in [3.63, 3.8) is 0 Å². The van der Waals surface area contributed by atoms with Gasteiger partial charge < -0.3 is 14.4 Å². The lowest BCUT2D eigenvalue weighted by atomic mass is 10.1. The molecule has 1 atom stereocenters. The summed E-state index contributed by atoms with van der Waals surface area (Å²) in [4.78, 5) is 23.2. The van der Waals surface area contributed by atoms with Gasteiger partial charge in [0, 0.05) is 0 Å². The Kier molecular flexibility index (Phi) is 5.90. The van der Waals surface area contributed by atoms with Gasteiger partial charge in [-0.1, -0.05) is 23.7 Å². The van der Waals surface area contributed by atoms with Crippen LogP contribution in [0, 0.1) is 6.92 Å². The van der Waals surface area contributed by atoms with Crippen LogP contribution in [0.15, 0.2) is 48.5 Å². The van der Waals surface area contributed by atoms with Crippen LogP contribution in [-0.2, 0) is 16.1 Å². The van der Waals surface area contributed by atoms with E-state index >= 15 is 0 Å². The monoisotopic (exact) mass is 439 g/mol. The van der Waals surface area contributed by atoms with E-state index in [1.807, 2.05) is 44.2 Å². The molecule has 8 nitrogen and oxygen atoms in total. The third kappa shape index (κ3) is 4.69. The largest absolute Gasteiger partial charge is 0.494 e. The minimum Gasteiger partial charge on any atom is -0.494 e. The molecule has 0 bridgehead atoms. The first-order valence-electron chi connectivity index (χ1n) is 9.78. The smallest absolute Gasteiger partial charge is 0.289 e. The maximum atomic E-state index is 13.0. The lowest BCUT2D eigenvalue weighted by molar-refractivity contribution is -0.139. The first-order valence-corrected chi connectivity index (χ1v) is 10.2. The van der Waals surface area contributed by atoms with Gasteiger partial charge in [0.2, 0.25) is 0 Å². The summed E-state index contributed by atoms with van der Waals surface area (Å²) in [5, 5.41) is 4.72. The number of pyridine rings is 1. The Bertz CT molecular complexity index is 1140. The van der Waals surface area contributed by atoms with Crippen LogP contribution < -0.4 is 4.74 Å². The van der Waals surface area contributed by atoms with Gasteiger partial charge in [0.1, 0.15) is 34.8 Å². The number of ether oxygens (including phenoxy) is 2. The van der Waals surface area contributed by atoms with Crippen molar-refractivity contribution in [2.45, 2.75) is 26.5 Å². The SMILES string of the molecule is COc1cc(C=C2O[C@@H](C)CN(Cc3cccc(Cl)n3)C2=O)ccc1-n1cnc(C)n1. The highest BCUT2D eigenvalue weighted by molar-refractivity contribution is 6.29. The van der Waals surface area contributed by atoms with Crippen molar-refractivity contribution >= 4 is 23.6 Å². The Morgan fingerprint density at radius 2 is 2.16 bits per heavy atom. The normalized spacial score (nSPS) is 17.7. The number of hydrogen-bond acceptors (Lipinski definition) is 6. The van der Waals surface area contributed by atoms with Gasteiger partial charge >= 0.3 is 0 Å². The lowest BCUT2D eigenvalue weighted by Gasteiger charge is -2.32. The fourth-order valence-corrected chi connectivity index (χ4v) is 3.59. The number of methoxy groups -OCH3 is 1. The summed E-state index contributed by atoms with van der Waals surface area (Å²) >= 11 is 5.98. The molecule has 1 amide bonds. The van der Waals surface area contributed by atoms with E-state index in [9.17, 15) is 4.79 Å². The number of hydrogen-bond donors (Lipinski definition) is 0. The second-order valence-corrected chi connectivity index (χ2v) is 7.63. The van der Waals surface area contributed by atoms with Crippen molar-refractivity contribution < 1.29 is 14.3 Å². The summed E-state index contributed by atoms with van der Waals surface area (Å²) < 4.78 is 13.0. The maximum Gasteiger partial charge on any atom is 0.289 e. The van der Waals surface area contributed by atoms with Gasteiger partial charge in [-0.3, -0.25) is 4.79 Å². The lowest BCUT2D eigenvalue weighted by Crippen LogP contribution is -2.43. The second kappa shape index (κ2) is 8.77. The molecule has 1 aromatic carbocycles. The number of halogens is 1. The molecule has 0 spiro atoms. The molecule has 0 saturated carbocycles. The Morgan fingerprint density at radius 3 is 2.87 bits per heavy atom. The van der Waals surface area contributed by atoms with Crippen LogP contribution in [0.2, 0.25) is 5.15 Å². The summed E-state index contributed by atoms with van der Waals surface area (Å²) in [6.07, 6.45) is 3.19. The molecule has 0 aliphatic carbocycles. The van der Waals surface area contributed by atoms with Crippen LogP contribution in [0.5, 0.6) is 5.75 Å². The van der Waals surface area contributed by atoms with E-state index in [1.54, 1.807) is 35.2 Å². The van der Waals surface area contributed by atoms with E-state index in [-0.39, 0.29) is 17.8 Å². The van der Waals surface area contributed by atoms with E-state index in [1.165, 1.54) is 0 Å². The van der Waals surface area contributed by atoms with E-state index in [0.29, 0.717) is 29.8 Å². The summed E-state index contributed by atoms with van der Waals surface area (Å²) in [6, 6.07) is 10.9. The molecule has 3 aromatic rings. The zero-order valence-electron chi connectivity index (χ0n) is 17.4. The summed E-state index contributed by atoms with van der Waals surface area (Å²) in [6.45, 7) is 4.58. The molecule has 1 saturated heterocycles. The third-order valence-corrected chi connectivity index (χ3v) is 4.99. The van der Waals surface area contributed by atoms with Crippen LogP contribution >= 0.6 is 11.6 Å². The van der Waals surface area contributed by atoms with E-state index in [2.05, 4.69) is 15.1 Å². The summed E-state index contributed by atoms with van der Waals surface area (Å²) in [7, 11) is 1.59. The molecule has 1 fully saturated rings. The molecule has 0 unspecified atom stereocenters. The number of nitrogens with zero attached hydrogens (tertiary/aromatic N) is 5. The van der Waals surface area contributed by atoms with Crippen molar-refractivity contribution in [1.29, 1.82) is 0 Å². The van der Waals surface area contributed by atoms with Gasteiger partial charge in [0.05, 0.1) is 25.9 Å². The Morgan fingerprint density at radius 1 is 1.32 bits per heavy atom. The van der Waals surface area contributed by atoms with Crippen molar-refractivity contribution in [2.24, 2.45) is 0 Å². The Labute approximate surface area is 185 Å². The highest BCUT2D eigenvalue weighted by Gasteiger charge is 2.29. The average molecular weight is 440 g/mol. The van der Waals surface area contributed by atoms with Crippen molar-refractivity contribution in [1.82, 2.24) is 24.6 Å². The fraction of sp³-hybridized carbons (Fsp3) is 0.273. The van der Waals surface area contributed by atoms with Crippen LogP contribution in [-0.4, -0.2) is 50.3 Å². The predicted octanol–water partition coefficient (Wildman–Crippen LogP) is 3.42. The number of aromatic nitrogens is 4. The van der Waals surface area contributed by atoms with Crippen LogP contribution in [0.4, 0.5) is 0 Å².